The largest absolute Gasteiger partial charge is 0.491 e. The van der Waals surface area contributed by atoms with Crippen molar-refractivity contribution in [2.24, 2.45) is 0 Å². The molecule has 9 nitrogen and oxygen atoms in total. The maximum absolute atomic E-state index is 15.7. The number of aliphatic hydroxyl groups excluding tert-OH is 1. The summed E-state index contributed by atoms with van der Waals surface area (Å²) in [7, 11) is 0. The summed E-state index contributed by atoms with van der Waals surface area (Å²) >= 11 is 3.44. The van der Waals surface area contributed by atoms with Crippen LogP contribution in [0.25, 0.3) is 16.6 Å². The smallest absolute Gasteiger partial charge is 0.343 e. The van der Waals surface area contributed by atoms with Crippen molar-refractivity contribution < 1.29 is 28.5 Å². The van der Waals surface area contributed by atoms with Gasteiger partial charge < -0.3 is 28.8 Å². The second-order valence-electron chi connectivity index (χ2n) is 9.44. The molecule has 1 N–H and O–H groups in total. The van der Waals surface area contributed by atoms with Crippen LogP contribution in [0.5, 0.6) is 11.6 Å². The van der Waals surface area contributed by atoms with Gasteiger partial charge in [0.05, 0.1) is 34.9 Å². The SMILES string of the molecule is CCOC(=O)c1cn(-c2ccc(OCCO)cc2)c2cc(N3CCCC3COc3ncccc3Br)c(F)cc2c1=O. The Morgan fingerprint density at radius 2 is 2.00 bits per heavy atom. The summed E-state index contributed by atoms with van der Waals surface area (Å²) in [6.07, 6.45) is 4.71. The molecule has 0 bridgehead atoms. The predicted octanol–water partition coefficient (Wildman–Crippen LogP) is 4.88. The Hall–Kier alpha value is -3.96. The summed E-state index contributed by atoms with van der Waals surface area (Å²) in [4.78, 5) is 32.2. The normalized spacial score (nSPS) is 14.8. The van der Waals surface area contributed by atoms with Crippen LogP contribution >= 0.6 is 15.9 Å². The van der Waals surface area contributed by atoms with Crippen LogP contribution in [0.2, 0.25) is 0 Å². The molecule has 4 aromatic rings. The first-order valence-corrected chi connectivity index (χ1v) is 14.1. The van der Waals surface area contributed by atoms with E-state index in [9.17, 15) is 9.59 Å². The average Bonchev–Trinajstić information content (AvgIpc) is 3.44. The number of hydrogen-bond acceptors (Lipinski definition) is 8. The van der Waals surface area contributed by atoms with Crippen molar-refractivity contribution in [2.45, 2.75) is 25.8 Å². The topological polar surface area (TPSA) is 103 Å². The number of anilines is 1. The van der Waals surface area contributed by atoms with Gasteiger partial charge in [-0.3, -0.25) is 4.79 Å². The first-order valence-electron chi connectivity index (χ1n) is 13.3. The highest BCUT2D eigenvalue weighted by atomic mass is 79.9. The van der Waals surface area contributed by atoms with Crippen LogP contribution in [0.4, 0.5) is 10.1 Å². The van der Waals surface area contributed by atoms with E-state index in [2.05, 4.69) is 20.9 Å². The molecule has 0 radical (unpaired) electrons. The van der Waals surface area contributed by atoms with E-state index in [0.29, 0.717) is 41.7 Å². The minimum atomic E-state index is -0.780. The summed E-state index contributed by atoms with van der Waals surface area (Å²) in [5.74, 6) is -0.339. The van der Waals surface area contributed by atoms with Crippen LogP contribution in [0.3, 0.4) is 0 Å². The Kier molecular flexibility index (Phi) is 8.84. The molecule has 2 aromatic heterocycles. The molecule has 5 rings (SSSR count). The van der Waals surface area contributed by atoms with E-state index in [1.165, 1.54) is 12.3 Å². The van der Waals surface area contributed by atoms with E-state index in [4.69, 9.17) is 19.3 Å². The maximum atomic E-state index is 15.7. The summed E-state index contributed by atoms with van der Waals surface area (Å²) in [6, 6.07) is 13.3. The molecular formula is C30H29BrFN3O6. The number of aromatic nitrogens is 2. The molecule has 0 spiro atoms. The number of rotatable bonds is 10. The number of halogens is 2. The molecule has 2 aromatic carbocycles. The number of benzene rings is 2. The lowest BCUT2D eigenvalue weighted by Gasteiger charge is -2.28. The van der Waals surface area contributed by atoms with Gasteiger partial charge in [0.25, 0.3) is 0 Å². The van der Waals surface area contributed by atoms with E-state index < -0.39 is 17.2 Å². The van der Waals surface area contributed by atoms with Crippen molar-refractivity contribution in [3.63, 3.8) is 0 Å². The predicted molar refractivity (Wildman–Crippen MR) is 156 cm³/mol. The van der Waals surface area contributed by atoms with E-state index in [-0.39, 0.29) is 36.8 Å². The third kappa shape index (κ3) is 6.06. The summed E-state index contributed by atoms with van der Waals surface area (Å²) < 4.78 is 34.7. The van der Waals surface area contributed by atoms with Gasteiger partial charge >= 0.3 is 5.97 Å². The van der Waals surface area contributed by atoms with Crippen LogP contribution in [0.15, 0.2) is 70.2 Å². The Labute approximate surface area is 244 Å². The zero-order valence-electron chi connectivity index (χ0n) is 22.4. The number of pyridine rings is 2. The third-order valence-electron chi connectivity index (χ3n) is 6.87. The van der Waals surface area contributed by atoms with Crippen molar-refractivity contribution in [3.05, 3.63) is 87.0 Å². The fourth-order valence-corrected chi connectivity index (χ4v) is 5.34. The third-order valence-corrected chi connectivity index (χ3v) is 7.47. The lowest BCUT2D eigenvalue weighted by atomic mass is 10.1. The summed E-state index contributed by atoms with van der Waals surface area (Å²) in [6.45, 7) is 2.68. The standard InChI is InChI=1S/C30H29BrFN3O6/c1-2-39-30(38)23-17-35(19-7-9-21(10-8-19)40-14-13-36)26-16-27(25(32)15-22(26)28(23)37)34-12-4-5-20(34)18-41-29-24(31)6-3-11-33-29/h3,6-11,15-17,20,36H,2,4-5,12-14,18H2,1H3. The van der Waals surface area contributed by atoms with Gasteiger partial charge in [0, 0.05) is 30.0 Å². The fourth-order valence-electron chi connectivity index (χ4n) is 4.97. The van der Waals surface area contributed by atoms with Crippen LogP contribution in [0, 0.1) is 5.82 Å². The van der Waals surface area contributed by atoms with E-state index in [1.807, 2.05) is 11.0 Å². The van der Waals surface area contributed by atoms with Gasteiger partial charge in [-0.15, -0.1) is 0 Å². The van der Waals surface area contributed by atoms with Crippen molar-refractivity contribution >= 4 is 38.5 Å². The molecule has 1 aliphatic rings. The van der Waals surface area contributed by atoms with Gasteiger partial charge in [0.2, 0.25) is 11.3 Å². The zero-order chi connectivity index (χ0) is 28.9. The maximum Gasteiger partial charge on any atom is 0.343 e. The highest BCUT2D eigenvalue weighted by molar-refractivity contribution is 9.10. The van der Waals surface area contributed by atoms with E-state index in [1.54, 1.807) is 54.1 Å². The zero-order valence-corrected chi connectivity index (χ0v) is 24.0. The molecule has 1 fully saturated rings. The van der Waals surface area contributed by atoms with Crippen LogP contribution in [-0.4, -0.2) is 59.6 Å². The number of hydrogen-bond donors (Lipinski definition) is 1. The Morgan fingerprint density at radius 3 is 2.73 bits per heavy atom. The van der Waals surface area contributed by atoms with Crippen molar-refractivity contribution in [2.75, 3.05) is 37.9 Å². The van der Waals surface area contributed by atoms with Crippen LogP contribution in [-0.2, 0) is 4.74 Å². The number of nitrogens with zero attached hydrogens (tertiary/aromatic N) is 3. The molecule has 214 valence electrons. The molecule has 0 saturated carbocycles. The van der Waals surface area contributed by atoms with Crippen molar-refractivity contribution in [1.29, 1.82) is 0 Å². The Balaban J connectivity index is 1.57. The van der Waals surface area contributed by atoms with Gasteiger partial charge in [-0.05, 0) is 84.2 Å². The molecule has 3 heterocycles. The Morgan fingerprint density at radius 1 is 1.20 bits per heavy atom. The highest BCUT2D eigenvalue weighted by Gasteiger charge is 2.29. The van der Waals surface area contributed by atoms with Crippen LogP contribution in [0.1, 0.15) is 30.1 Å². The number of carbonyl (C=O) groups excluding carboxylic acids is 1. The van der Waals surface area contributed by atoms with Gasteiger partial charge in [0.1, 0.15) is 30.3 Å². The number of ether oxygens (including phenoxy) is 3. The minimum absolute atomic E-state index is 0.0572. The lowest BCUT2D eigenvalue weighted by Crippen LogP contribution is -2.35. The quantitative estimate of drug-likeness (QED) is 0.249. The molecule has 0 aliphatic carbocycles. The minimum Gasteiger partial charge on any atom is -0.491 e. The fraction of sp³-hybridized carbons (Fsp3) is 0.300. The van der Waals surface area contributed by atoms with Gasteiger partial charge in [-0.25, -0.2) is 14.2 Å². The first kappa shape index (κ1) is 28.6. The molecule has 1 saturated heterocycles. The molecule has 1 atom stereocenters. The molecular weight excluding hydrogens is 597 g/mol. The first-order chi connectivity index (χ1) is 19.9. The number of aliphatic hydroxyl groups is 1. The lowest BCUT2D eigenvalue weighted by molar-refractivity contribution is 0.0524. The second-order valence-corrected chi connectivity index (χ2v) is 10.3. The summed E-state index contributed by atoms with van der Waals surface area (Å²) in [5, 5.41) is 9.10. The van der Waals surface area contributed by atoms with Crippen LogP contribution < -0.4 is 19.8 Å². The number of esters is 1. The molecule has 1 aliphatic heterocycles. The van der Waals surface area contributed by atoms with E-state index >= 15 is 4.39 Å². The van der Waals surface area contributed by atoms with Crippen molar-refractivity contribution in [1.82, 2.24) is 9.55 Å². The average molecular weight is 626 g/mol. The van der Waals surface area contributed by atoms with E-state index in [0.717, 1.165) is 17.3 Å². The second kappa shape index (κ2) is 12.7. The Bertz CT molecular complexity index is 1610. The van der Waals surface area contributed by atoms with Crippen molar-refractivity contribution in [3.8, 4) is 17.3 Å². The van der Waals surface area contributed by atoms with Gasteiger partial charge in [-0.2, -0.15) is 0 Å². The molecule has 1 unspecified atom stereocenters. The molecule has 0 amide bonds. The van der Waals surface area contributed by atoms with Gasteiger partial charge in [-0.1, -0.05) is 0 Å². The van der Waals surface area contributed by atoms with Gasteiger partial charge in [0.15, 0.2) is 0 Å². The monoisotopic (exact) mass is 625 g/mol. The number of carbonyl (C=O) groups is 1. The summed E-state index contributed by atoms with van der Waals surface area (Å²) in [5.41, 5.74) is 0.590. The molecule has 11 heteroatoms. The highest BCUT2D eigenvalue weighted by Crippen LogP contribution is 2.33. The number of fused-ring (bicyclic) bond motifs is 1. The molecule has 41 heavy (non-hydrogen) atoms.